The maximum Gasteiger partial charge on any atom is 0.229 e. The maximum atomic E-state index is 11.3. The normalized spacial score (nSPS) is 22.9. The molecule has 2 fully saturated rings. The summed E-state index contributed by atoms with van der Waals surface area (Å²) in [6.45, 7) is 2.00. The minimum Gasteiger partial charge on any atom is -0.365 e. The van der Waals surface area contributed by atoms with E-state index in [-0.39, 0.29) is 0 Å². The minimum absolute atomic E-state index is 0.497. The third-order valence-electron chi connectivity index (χ3n) is 4.74. The van der Waals surface area contributed by atoms with Gasteiger partial charge in [0.1, 0.15) is 0 Å². The molecule has 0 aliphatic carbocycles. The van der Waals surface area contributed by atoms with Crippen molar-refractivity contribution in [3.63, 3.8) is 0 Å². The highest BCUT2D eigenvalue weighted by Gasteiger charge is 2.43. The third kappa shape index (κ3) is 2.91. The van der Waals surface area contributed by atoms with Crippen LogP contribution in [0.4, 0.5) is 17.1 Å². The first-order valence-corrected chi connectivity index (χ1v) is 9.90. The Kier molecular flexibility index (Phi) is 3.60. The van der Waals surface area contributed by atoms with Gasteiger partial charge in [0.25, 0.3) is 0 Å². The first-order valence-electron chi connectivity index (χ1n) is 8.01. The van der Waals surface area contributed by atoms with Gasteiger partial charge in [0.05, 0.1) is 6.26 Å². The number of rotatable bonds is 4. The fraction of sp³-hybridized carbons (Fsp3) is 0.353. The molecule has 2 aliphatic rings. The summed E-state index contributed by atoms with van der Waals surface area (Å²) in [5.41, 5.74) is 2.99. The molecule has 2 aliphatic heterocycles. The van der Waals surface area contributed by atoms with Gasteiger partial charge in [-0.2, -0.15) is 0 Å². The van der Waals surface area contributed by atoms with Crippen molar-refractivity contribution < 1.29 is 8.42 Å². The van der Waals surface area contributed by atoms with Crippen LogP contribution in [0.5, 0.6) is 0 Å². The van der Waals surface area contributed by atoms with Gasteiger partial charge in [-0.25, -0.2) is 8.42 Å². The molecule has 1 N–H and O–H groups in total. The fourth-order valence-electron chi connectivity index (χ4n) is 3.77. The first-order chi connectivity index (χ1) is 11.5. The van der Waals surface area contributed by atoms with Crippen molar-refractivity contribution in [1.82, 2.24) is 4.98 Å². The number of piperazine rings is 1. The van der Waals surface area contributed by atoms with E-state index in [9.17, 15) is 8.42 Å². The average molecular weight is 344 g/mol. The predicted octanol–water partition coefficient (Wildman–Crippen LogP) is 1.92. The van der Waals surface area contributed by atoms with Gasteiger partial charge in [0.2, 0.25) is 10.0 Å². The second kappa shape index (κ2) is 5.66. The molecule has 0 radical (unpaired) electrons. The zero-order valence-corrected chi connectivity index (χ0v) is 14.3. The molecule has 2 atom stereocenters. The van der Waals surface area contributed by atoms with Crippen molar-refractivity contribution in [2.45, 2.75) is 18.5 Å². The summed E-state index contributed by atoms with van der Waals surface area (Å²) in [4.78, 5) is 8.97. The highest BCUT2D eigenvalue weighted by Crippen LogP contribution is 2.37. The zero-order valence-electron chi connectivity index (χ0n) is 13.5. The number of benzene rings is 1. The lowest BCUT2D eigenvalue weighted by Crippen LogP contribution is -2.46. The van der Waals surface area contributed by atoms with Crippen molar-refractivity contribution in [2.24, 2.45) is 0 Å². The van der Waals surface area contributed by atoms with Crippen LogP contribution in [0.3, 0.4) is 0 Å². The molecule has 3 heterocycles. The number of hydrogen-bond acceptors (Lipinski definition) is 5. The summed E-state index contributed by atoms with van der Waals surface area (Å²) in [6.07, 6.45) is 6.00. The Morgan fingerprint density at radius 2 is 1.50 bits per heavy atom. The highest BCUT2D eigenvalue weighted by atomic mass is 32.2. The van der Waals surface area contributed by atoms with E-state index in [0.717, 1.165) is 31.5 Å². The molecule has 0 saturated carbocycles. The number of anilines is 3. The van der Waals surface area contributed by atoms with Crippen molar-refractivity contribution >= 4 is 27.1 Å². The van der Waals surface area contributed by atoms with Crippen LogP contribution in [0.15, 0.2) is 48.8 Å². The molecule has 1 aromatic carbocycles. The fourth-order valence-corrected chi connectivity index (χ4v) is 4.33. The number of hydrogen-bond donors (Lipinski definition) is 1. The molecule has 7 heteroatoms. The van der Waals surface area contributed by atoms with Gasteiger partial charge in [0, 0.05) is 54.6 Å². The topological polar surface area (TPSA) is 65.5 Å². The molecular weight excluding hydrogens is 324 g/mol. The van der Waals surface area contributed by atoms with E-state index >= 15 is 0 Å². The molecule has 1 aromatic heterocycles. The summed E-state index contributed by atoms with van der Waals surface area (Å²) in [7, 11) is -3.23. The molecule has 2 bridgehead atoms. The van der Waals surface area contributed by atoms with Gasteiger partial charge in [-0.3, -0.25) is 9.71 Å². The Balaban J connectivity index is 1.47. The van der Waals surface area contributed by atoms with E-state index in [1.165, 1.54) is 5.69 Å². The SMILES string of the molecule is CS(=O)(=O)Nc1ccc(N2CC3CC2CN3c2ccncc2)cc1. The second-order valence-electron chi connectivity index (χ2n) is 6.47. The van der Waals surface area contributed by atoms with Gasteiger partial charge in [-0.05, 0) is 42.8 Å². The molecule has 6 nitrogen and oxygen atoms in total. The average Bonchev–Trinajstić information content (AvgIpc) is 3.15. The van der Waals surface area contributed by atoms with Crippen molar-refractivity contribution in [1.29, 1.82) is 0 Å². The number of nitrogens with one attached hydrogen (secondary N) is 1. The van der Waals surface area contributed by atoms with Crippen LogP contribution in [0.1, 0.15) is 6.42 Å². The van der Waals surface area contributed by atoms with Crippen LogP contribution < -0.4 is 14.5 Å². The molecule has 0 spiro atoms. The Bertz CT molecular complexity index is 823. The van der Waals surface area contributed by atoms with Crippen LogP contribution in [0.25, 0.3) is 0 Å². The van der Waals surface area contributed by atoms with Crippen molar-refractivity contribution in [3.05, 3.63) is 48.8 Å². The Morgan fingerprint density at radius 3 is 2.00 bits per heavy atom. The summed E-state index contributed by atoms with van der Waals surface area (Å²) in [6, 6.07) is 12.8. The number of sulfonamides is 1. The van der Waals surface area contributed by atoms with Crippen LogP contribution in [-0.2, 0) is 10.0 Å². The van der Waals surface area contributed by atoms with Gasteiger partial charge in [0.15, 0.2) is 0 Å². The van der Waals surface area contributed by atoms with E-state index in [0.29, 0.717) is 17.8 Å². The Morgan fingerprint density at radius 1 is 0.958 bits per heavy atom. The van der Waals surface area contributed by atoms with Gasteiger partial charge in [-0.1, -0.05) is 0 Å². The smallest absolute Gasteiger partial charge is 0.229 e. The molecule has 2 saturated heterocycles. The number of pyridine rings is 1. The largest absolute Gasteiger partial charge is 0.365 e. The van der Waals surface area contributed by atoms with Crippen molar-refractivity contribution in [3.8, 4) is 0 Å². The standard InChI is InChI=1S/C17H20N4O2S/c1-24(22,23)19-13-2-4-14(5-3-13)20-11-17-10-16(20)12-21(17)15-6-8-18-9-7-15/h2-9,16-17,19H,10-12H2,1H3. The lowest BCUT2D eigenvalue weighted by molar-refractivity contribution is 0.607. The van der Waals surface area contributed by atoms with Crippen LogP contribution in [0.2, 0.25) is 0 Å². The zero-order chi connectivity index (χ0) is 16.7. The van der Waals surface area contributed by atoms with Gasteiger partial charge < -0.3 is 9.80 Å². The van der Waals surface area contributed by atoms with Crippen LogP contribution >= 0.6 is 0 Å². The molecule has 4 rings (SSSR count). The first kappa shape index (κ1) is 15.3. The third-order valence-corrected chi connectivity index (χ3v) is 5.34. The maximum absolute atomic E-state index is 11.3. The lowest BCUT2D eigenvalue weighted by atomic mass is 10.2. The quantitative estimate of drug-likeness (QED) is 0.918. The summed E-state index contributed by atoms with van der Waals surface area (Å²) >= 11 is 0. The molecule has 2 unspecified atom stereocenters. The van der Waals surface area contributed by atoms with Gasteiger partial charge in [-0.15, -0.1) is 0 Å². The Hall–Kier alpha value is -2.28. The molecule has 2 aromatic rings. The molecule has 126 valence electrons. The highest BCUT2D eigenvalue weighted by molar-refractivity contribution is 7.92. The molecule has 0 amide bonds. The summed E-state index contributed by atoms with van der Waals surface area (Å²) in [5, 5.41) is 0. The van der Waals surface area contributed by atoms with E-state index < -0.39 is 10.0 Å². The molecule has 24 heavy (non-hydrogen) atoms. The van der Waals surface area contributed by atoms with Crippen LogP contribution in [-0.4, -0.2) is 44.8 Å². The number of fused-ring (bicyclic) bond motifs is 2. The van der Waals surface area contributed by atoms with Gasteiger partial charge >= 0.3 is 0 Å². The minimum atomic E-state index is -3.23. The van der Waals surface area contributed by atoms with E-state index in [2.05, 4.69) is 31.6 Å². The monoisotopic (exact) mass is 344 g/mol. The summed E-state index contributed by atoms with van der Waals surface area (Å²) in [5.74, 6) is 0. The number of nitrogens with zero attached hydrogens (tertiary/aromatic N) is 3. The second-order valence-corrected chi connectivity index (χ2v) is 8.22. The lowest BCUT2D eigenvalue weighted by Gasteiger charge is -2.36. The number of aromatic nitrogens is 1. The predicted molar refractivity (Wildman–Crippen MR) is 96.0 cm³/mol. The van der Waals surface area contributed by atoms with E-state index in [1.807, 2.05) is 36.7 Å². The van der Waals surface area contributed by atoms with E-state index in [1.54, 1.807) is 0 Å². The Labute approximate surface area is 142 Å². The van der Waals surface area contributed by atoms with Crippen molar-refractivity contribution in [2.75, 3.05) is 33.9 Å². The summed E-state index contributed by atoms with van der Waals surface area (Å²) < 4.78 is 25.1. The van der Waals surface area contributed by atoms with E-state index in [4.69, 9.17) is 0 Å². The molecular formula is C17H20N4O2S. The van der Waals surface area contributed by atoms with Crippen LogP contribution in [0, 0.1) is 0 Å².